The average molecular weight is 265 g/mol. The van der Waals surface area contributed by atoms with Crippen LogP contribution < -0.4 is 5.32 Å². The molecule has 0 unspecified atom stereocenters. The van der Waals surface area contributed by atoms with Crippen LogP contribution in [0, 0.1) is 0 Å². The summed E-state index contributed by atoms with van der Waals surface area (Å²) in [6.07, 6.45) is 8.43. The van der Waals surface area contributed by atoms with Gasteiger partial charge >= 0.3 is 0 Å². The average Bonchev–Trinajstić information content (AvgIpc) is 3.25. The Balaban J connectivity index is 1.40. The second-order valence-electron chi connectivity index (χ2n) is 6.47. The molecular formula is C15H27N3O. The number of hydrogen-bond acceptors (Lipinski definition) is 3. The highest BCUT2D eigenvalue weighted by Crippen LogP contribution is 2.40. The van der Waals surface area contributed by atoms with Gasteiger partial charge in [0.25, 0.3) is 0 Å². The van der Waals surface area contributed by atoms with E-state index in [1.165, 1.54) is 51.6 Å². The predicted octanol–water partition coefficient (Wildman–Crippen LogP) is 1.21. The number of rotatable bonds is 6. The summed E-state index contributed by atoms with van der Waals surface area (Å²) in [6.45, 7) is 5.82. The fourth-order valence-electron chi connectivity index (χ4n) is 3.47. The van der Waals surface area contributed by atoms with Crippen molar-refractivity contribution in [3.8, 4) is 0 Å². The number of carbonyl (C=O) groups is 1. The zero-order valence-electron chi connectivity index (χ0n) is 12.1. The Kier molecular flexibility index (Phi) is 4.08. The fraction of sp³-hybridized carbons (Fsp3) is 0.933. The Morgan fingerprint density at radius 2 is 1.58 bits per heavy atom. The number of amides is 1. The van der Waals surface area contributed by atoms with Crippen molar-refractivity contribution in [1.82, 2.24) is 15.1 Å². The van der Waals surface area contributed by atoms with Crippen molar-refractivity contribution in [2.75, 3.05) is 26.2 Å². The van der Waals surface area contributed by atoms with Gasteiger partial charge in [0.2, 0.25) is 5.91 Å². The van der Waals surface area contributed by atoms with Crippen molar-refractivity contribution in [3.05, 3.63) is 0 Å². The Morgan fingerprint density at radius 1 is 1.05 bits per heavy atom. The molecule has 0 radical (unpaired) electrons. The van der Waals surface area contributed by atoms with Crippen LogP contribution in [0.1, 0.15) is 45.4 Å². The van der Waals surface area contributed by atoms with Crippen LogP contribution in [0.2, 0.25) is 0 Å². The lowest BCUT2D eigenvalue weighted by molar-refractivity contribution is -0.119. The van der Waals surface area contributed by atoms with Gasteiger partial charge in [0.1, 0.15) is 0 Å². The molecule has 2 saturated carbocycles. The monoisotopic (exact) mass is 265 g/mol. The molecule has 1 N–H and O–H groups in total. The van der Waals surface area contributed by atoms with Crippen molar-refractivity contribution in [2.45, 2.75) is 63.6 Å². The molecule has 3 rings (SSSR count). The number of piperidine rings is 1. The van der Waals surface area contributed by atoms with Crippen molar-refractivity contribution >= 4 is 5.91 Å². The van der Waals surface area contributed by atoms with E-state index in [1.807, 2.05) is 0 Å². The molecule has 2 aliphatic carbocycles. The van der Waals surface area contributed by atoms with Crippen LogP contribution in [0.3, 0.4) is 0 Å². The normalized spacial score (nSPS) is 25.8. The summed E-state index contributed by atoms with van der Waals surface area (Å²) in [6, 6.07) is 2.71. The highest BCUT2D eigenvalue weighted by atomic mass is 16.1. The van der Waals surface area contributed by atoms with Crippen molar-refractivity contribution in [3.63, 3.8) is 0 Å². The van der Waals surface area contributed by atoms with Crippen molar-refractivity contribution < 1.29 is 4.79 Å². The Labute approximate surface area is 116 Å². The van der Waals surface area contributed by atoms with Gasteiger partial charge in [0.15, 0.2) is 0 Å². The maximum atomic E-state index is 10.9. The van der Waals surface area contributed by atoms with E-state index in [0.29, 0.717) is 0 Å². The molecule has 1 saturated heterocycles. The van der Waals surface area contributed by atoms with Gasteiger partial charge in [-0.25, -0.2) is 0 Å². The van der Waals surface area contributed by atoms with Crippen LogP contribution in [0.25, 0.3) is 0 Å². The zero-order valence-corrected chi connectivity index (χ0v) is 12.1. The number of nitrogens with one attached hydrogen (secondary N) is 1. The molecule has 3 fully saturated rings. The lowest BCUT2D eigenvalue weighted by atomic mass is 10.0. The summed E-state index contributed by atoms with van der Waals surface area (Å²) >= 11 is 0. The quantitative estimate of drug-likeness (QED) is 0.784. The summed E-state index contributed by atoms with van der Waals surface area (Å²) in [5, 5.41) is 2.89. The van der Waals surface area contributed by atoms with E-state index in [0.717, 1.165) is 31.2 Å². The SMILES string of the molecule is CC(=O)NCCN1CCC(N(C2CC2)C2CC2)CC1. The van der Waals surface area contributed by atoms with Gasteiger partial charge in [-0.05, 0) is 51.6 Å². The third-order valence-electron chi connectivity index (χ3n) is 4.72. The molecule has 3 aliphatic rings. The maximum absolute atomic E-state index is 10.9. The molecule has 19 heavy (non-hydrogen) atoms. The minimum atomic E-state index is 0.0866. The molecule has 1 heterocycles. The lowest BCUT2D eigenvalue weighted by Crippen LogP contribution is -2.48. The van der Waals surface area contributed by atoms with E-state index in [2.05, 4.69) is 15.1 Å². The number of carbonyl (C=O) groups excluding carboxylic acids is 1. The lowest BCUT2D eigenvalue weighted by Gasteiger charge is -2.39. The first-order valence-electron chi connectivity index (χ1n) is 7.98. The first-order chi connectivity index (χ1) is 9.24. The van der Waals surface area contributed by atoms with E-state index < -0.39 is 0 Å². The van der Waals surface area contributed by atoms with E-state index in [1.54, 1.807) is 6.92 Å². The summed E-state index contributed by atoms with van der Waals surface area (Å²) in [5.74, 6) is 0.0866. The molecular weight excluding hydrogens is 238 g/mol. The minimum absolute atomic E-state index is 0.0866. The zero-order chi connectivity index (χ0) is 13.2. The van der Waals surface area contributed by atoms with Gasteiger partial charge in [0, 0.05) is 38.1 Å². The van der Waals surface area contributed by atoms with Crippen LogP contribution in [0.4, 0.5) is 0 Å². The van der Waals surface area contributed by atoms with Crippen molar-refractivity contribution in [1.29, 1.82) is 0 Å². The Hall–Kier alpha value is -0.610. The van der Waals surface area contributed by atoms with Gasteiger partial charge in [-0.15, -0.1) is 0 Å². The second-order valence-corrected chi connectivity index (χ2v) is 6.47. The van der Waals surface area contributed by atoms with Gasteiger partial charge < -0.3 is 10.2 Å². The number of hydrogen-bond donors (Lipinski definition) is 1. The predicted molar refractivity (Wildman–Crippen MR) is 76.0 cm³/mol. The van der Waals surface area contributed by atoms with Crippen LogP contribution >= 0.6 is 0 Å². The summed E-state index contributed by atoms with van der Waals surface area (Å²) in [5.41, 5.74) is 0. The Morgan fingerprint density at radius 3 is 2.05 bits per heavy atom. The van der Waals surface area contributed by atoms with E-state index >= 15 is 0 Å². The highest BCUT2D eigenvalue weighted by Gasteiger charge is 2.43. The molecule has 0 bridgehead atoms. The first kappa shape index (κ1) is 13.4. The molecule has 0 aromatic carbocycles. The third-order valence-corrected chi connectivity index (χ3v) is 4.72. The smallest absolute Gasteiger partial charge is 0.216 e. The molecule has 1 aliphatic heterocycles. The summed E-state index contributed by atoms with van der Waals surface area (Å²) in [4.78, 5) is 16.2. The van der Waals surface area contributed by atoms with Gasteiger partial charge in [-0.1, -0.05) is 0 Å². The number of nitrogens with zero attached hydrogens (tertiary/aromatic N) is 2. The fourth-order valence-corrected chi connectivity index (χ4v) is 3.47. The highest BCUT2D eigenvalue weighted by molar-refractivity contribution is 5.72. The van der Waals surface area contributed by atoms with Crippen molar-refractivity contribution in [2.24, 2.45) is 0 Å². The first-order valence-corrected chi connectivity index (χ1v) is 7.98. The molecule has 4 heteroatoms. The van der Waals surface area contributed by atoms with E-state index in [9.17, 15) is 4.79 Å². The van der Waals surface area contributed by atoms with Crippen LogP contribution in [-0.2, 0) is 4.79 Å². The van der Waals surface area contributed by atoms with Gasteiger partial charge in [0.05, 0.1) is 0 Å². The van der Waals surface area contributed by atoms with E-state index in [-0.39, 0.29) is 5.91 Å². The second kappa shape index (κ2) is 5.80. The van der Waals surface area contributed by atoms with Crippen LogP contribution in [0.15, 0.2) is 0 Å². The molecule has 4 nitrogen and oxygen atoms in total. The number of likely N-dealkylation sites (tertiary alicyclic amines) is 1. The van der Waals surface area contributed by atoms with Crippen LogP contribution in [-0.4, -0.2) is 60.0 Å². The molecule has 1 amide bonds. The maximum Gasteiger partial charge on any atom is 0.216 e. The molecule has 0 spiro atoms. The molecule has 0 aromatic rings. The molecule has 0 atom stereocenters. The molecule has 108 valence electrons. The third kappa shape index (κ3) is 3.69. The summed E-state index contributed by atoms with van der Waals surface area (Å²) < 4.78 is 0. The van der Waals surface area contributed by atoms with Crippen LogP contribution in [0.5, 0.6) is 0 Å². The largest absolute Gasteiger partial charge is 0.355 e. The van der Waals surface area contributed by atoms with E-state index in [4.69, 9.17) is 0 Å². The van der Waals surface area contributed by atoms with Gasteiger partial charge in [-0.2, -0.15) is 0 Å². The standard InChI is InChI=1S/C15H27N3O/c1-12(19)16-8-11-17-9-6-15(7-10-17)18(13-2-3-13)14-4-5-14/h13-15H,2-11H2,1H3,(H,16,19). The minimum Gasteiger partial charge on any atom is -0.355 e. The van der Waals surface area contributed by atoms with Gasteiger partial charge in [-0.3, -0.25) is 9.69 Å². The molecule has 0 aromatic heterocycles. The summed E-state index contributed by atoms with van der Waals surface area (Å²) in [7, 11) is 0. The topological polar surface area (TPSA) is 35.6 Å². The Bertz CT molecular complexity index is 305.